The second kappa shape index (κ2) is 4.86. The number of carboxylic acids is 1. The van der Waals surface area contributed by atoms with Gasteiger partial charge in [0.15, 0.2) is 0 Å². The van der Waals surface area contributed by atoms with Crippen molar-refractivity contribution in [1.82, 2.24) is 0 Å². The highest BCUT2D eigenvalue weighted by atomic mass is 16.4. The summed E-state index contributed by atoms with van der Waals surface area (Å²) in [6.45, 7) is 3.59. The molecule has 0 bridgehead atoms. The van der Waals surface area contributed by atoms with E-state index in [4.69, 9.17) is 0 Å². The summed E-state index contributed by atoms with van der Waals surface area (Å²) in [5.74, 6) is -1.27. The summed E-state index contributed by atoms with van der Waals surface area (Å²) in [6.07, 6.45) is 0. The van der Waals surface area contributed by atoms with Crippen molar-refractivity contribution in [2.24, 2.45) is 0 Å². The Morgan fingerprint density at radius 2 is 1.26 bits per heavy atom. The Kier molecular flexibility index (Phi) is 3.40. The lowest BCUT2D eigenvalue weighted by Crippen LogP contribution is -2.38. The van der Waals surface area contributed by atoms with E-state index in [1.165, 1.54) is 0 Å². The van der Waals surface area contributed by atoms with Gasteiger partial charge in [0, 0.05) is 11.1 Å². The Bertz CT molecular complexity index is 571. The van der Waals surface area contributed by atoms with E-state index in [0.29, 0.717) is 11.1 Å². The van der Waals surface area contributed by atoms with Crippen LogP contribution >= 0.6 is 0 Å². The van der Waals surface area contributed by atoms with Gasteiger partial charge in [0.2, 0.25) is 5.60 Å². The van der Waals surface area contributed by atoms with Gasteiger partial charge in [-0.1, -0.05) is 48.5 Å². The molecule has 2 N–H and O–H groups in total. The lowest BCUT2D eigenvalue weighted by molar-refractivity contribution is -0.155. The molecular formula is C16H16O3. The smallest absolute Gasteiger partial charge is 0.345 e. The number of hydrogen-bond acceptors (Lipinski definition) is 2. The van der Waals surface area contributed by atoms with Crippen LogP contribution in [-0.4, -0.2) is 16.2 Å². The molecule has 0 heterocycles. The summed E-state index contributed by atoms with van der Waals surface area (Å²) in [5, 5.41) is 20.3. The van der Waals surface area contributed by atoms with Gasteiger partial charge in [-0.05, 0) is 25.0 Å². The first-order chi connectivity index (χ1) is 8.98. The summed E-state index contributed by atoms with van der Waals surface area (Å²) in [6, 6.07) is 14.0. The topological polar surface area (TPSA) is 57.5 Å². The van der Waals surface area contributed by atoms with Crippen molar-refractivity contribution in [3.05, 3.63) is 70.8 Å². The zero-order chi connectivity index (χ0) is 14.0. The first-order valence-corrected chi connectivity index (χ1v) is 6.06. The van der Waals surface area contributed by atoms with Gasteiger partial charge in [0.1, 0.15) is 0 Å². The van der Waals surface area contributed by atoms with E-state index >= 15 is 0 Å². The van der Waals surface area contributed by atoms with Gasteiger partial charge < -0.3 is 10.2 Å². The van der Waals surface area contributed by atoms with Gasteiger partial charge in [-0.15, -0.1) is 0 Å². The van der Waals surface area contributed by atoms with Crippen molar-refractivity contribution in [1.29, 1.82) is 0 Å². The summed E-state index contributed by atoms with van der Waals surface area (Å²) in [7, 11) is 0. The molecule has 0 aliphatic rings. The van der Waals surface area contributed by atoms with Crippen LogP contribution < -0.4 is 0 Å². The number of carboxylic acid groups (broad SMARTS) is 1. The molecule has 19 heavy (non-hydrogen) atoms. The molecule has 0 fully saturated rings. The molecule has 0 aromatic heterocycles. The molecule has 0 amide bonds. The van der Waals surface area contributed by atoms with Gasteiger partial charge in [0.25, 0.3) is 0 Å². The molecule has 3 nitrogen and oxygen atoms in total. The number of hydrogen-bond donors (Lipinski definition) is 2. The minimum absolute atomic E-state index is 0.400. The van der Waals surface area contributed by atoms with Gasteiger partial charge in [-0.25, -0.2) is 4.79 Å². The van der Waals surface area contributed by atoms with E-state index in [1.54, 1.807) is 50.2 Å². The zero-order valence-corrected chi connectivity index (χ0v) is 10.9. The van der Waals surface area contributed by atoms with Gasteiger partial charge in [-0.2, -0.15) is 0 Å². The predicted octanol–water partition coefficient (Wildman–Crippen LogP) is 2.62. The molecule has 0 spiro atoms. The maximum atomic E-state index is 11.7. The molecule has 2 rings (SSSR count). The molecule has 0 aliphatic heterocycles. The molecule has 0 radical (unpaired) electrons. The van der Waals surface area contributed by atoms with Crippen molar-refractivity contribution < 1.29 is 15.0 Å². The van der Waals surface area contributed by atoms with E-state index in [-0.39, 0.29) is 0 Å². The second-order valence-corrected chi connectivity index (χ2v) is 4.65. The largest absolute Gasteiger partial charge is 0.479 e. The maximum absolute atomic E-state index is 11.7. The highest BCUT2D eigenvalue weighted by Gasteiger charge is 2.41. The quantitative estimate of drug-likeness (QED) is 0.887. The van der Waals surface area contributed by atoms with Gasteiger partial charge in [0.05, 0.1) is 0 Å². The third-order valence-electron chi connectivity index (χ3n) is 3.38. The highest BCUT2D eigenvalue weighted by molar-refractivity contribution is 5.84. The van der Waals surface area contributed by atoms with Crippen LogP contribution in [0.3, 0.4) is 0 Å². The van der Waals surface area contributed by atoms with Crippen molar-refractivity contribution >= 4 is 5.97 Å². The molecule has 2 aromatic rings. The fraction of sp³-hybridized carbons (Fsp3) is 0.188. The Morgan fingerprint density at radius 3 is 1.58 bits per heavy atom. The van der Waals surface area contributed by atoms with Crippen LogP contribution in [0.15, 0.2) is 48.5 Å². The van der Waals surface area contributed by atoms with Crippen LogP contribution in [-0.2, 0) is 10.4 Å². The molecule has 0 atom stereocenters. The van der Waals surface area contributed by atoms with Gasteiger partial charge >= 0.3 is 5.97 Å². The monoisotopic (exact) mass is 256 g/mol. The van der Waals surface area contributed by atoms with Crippen molar-refractivity contribution in [2.75, 3.05) is 0 Å². The first-order valence-electron chi connectivity index (χ1n) is 6.06. The standard InChI is InChI=1S/C16H16O3/c1-11-7-3-5-9-13(11)16(19,15(17)18)14-10-6-4-8-12(14)2/h3-10,19H,1-2H3,(H,17,18). The number of carbonyl (C=O) groups is 1. The number of aryl methyl sites for hydroxylation is 2. The average molecular weight is 256 g/mol. The highest BCUT2D eigenvalue weighted by Crippen LogP contribution is 2.33. The van der Waals surface area contributed by atoms with Crippen molar-refractivity contribution in [3.63, 3.8) is 0 Å². The summed E-state index contributed by atoms with van der Waals surface area (Å²) in [4.78, 5) is 11.7. The Labute approximate surface area is 112 Å². The van der Waals surface area contributed by atoms with E-state index in [2.05, 4.69) is 0 Å². The van der Waals surface area contributed by atoms with Crippen molar-refractivity contribution in [3.8, 4) is 0 Å². The Balaban J connectivity index is 2.73. The average Bonchev–Trinajstić information content (AvgIpc) is 2.38. The van der Waals surface area contributed by atoms with Crippen molar-refractivity contribution in [2.45, 2.75) is 19.4 Å². The number of aliphatic carboxylic acids is 1. The SMILES string of the molecule is Cc1ccccc1C(O)(C(=O)O)c1ccccc1C. The Hall–Kier alpha value is -2.13. The van der Waals surface area contributed by atoms with Crippen LogP contribution in [0.1, 0.15) is 22.3 Å². The number of rotatable bonds is 3. The van der Waals surface area contributed by atoms with E-state index < -0.39 is 11.6 Å². The fourth-order valence-electron chi connectivity index (χ4n) is 2.33. The fourth-order valence-corrected chi connectivity index (χ4v) is 2.33. The maximum Gasteiger partial charge on any atom is 0.345 e. The molecule has 0 unspecified atom stereocenters. The third kappa shape index (κ3) is 2.13. The van der Waals surface area contributed by atoms with Crippen LogP contribution in [0, 0.1) is 13.8 Å². The Morgan fingerprint density at radius 1 is 0.895 bits per heavy atom. The van der Waals surface area contributed by atoms with E-state index in [1.807, 2.05) is 12.1 Å². The summed E-state index contributed by atoms with van der Waals surface area (Å²) in [5.41, 5.74) is 0.274. The van der Waals surface area contributed by atoms with Gasteiger partial charge in [-0.3, -0.25) is 0 Å². The molecule has 98 valence electrons. The molecule has 0 saturated carbocycles. The normalized spacial score (nSPS) is 11.3. The molecule has 0 aliphatic carbocycles. The third-order valence-corrected chi connectivity index (χ3v) is 3.38. The molecular weight excluding hydrogens is 240 g/mol. The second-order valence-electron chi connectivity index (χ2n) is 4.65. The van der Waals surface area contributed by atoms with E-state index in [9.17, 15) is 15.0 Å². The predicted molar refractivity (Wildman–Crippen MR) is 73.0 cm³/mol. The number of benzene rings is 2. The summed E-state index contributed by atoms with van der Waals surface area (Å²) >= 11 is 0. The van der Waals surface area contributed by atoms with Crippen LogP contribution in [0.25, 0.3) is 0 Å². The lowest BCUT2D eigenvalue weighted by Gasteiger charge is -2.27. The lowest BCUT2D eigenvalue weighted by atomic mass is 9.82. The zero-order valence-electron chi connectivity index (χ0n) is 10.9. The van der Waals surface area contributed by atoms with E-state index in [0.717, 1.165) is 11.1 Å². The first kappa shape index (κ1) is 13.3. The van der Waals surface area contributed by atoms with Crippen LogP contribution in [0.5, 0.6) is 0 Å². The minimum Gasteiger partial charge on any atom is -0.479 e. The summed E-state index contributed by atoms with van der Waals surface area (Å²) < 4.78 is 0. The molecule has 0 saturated heterocycles. The number of aliphatic hydroxyl groups is 1. The van der Waals surface area contributed by atoms with Crippen LogP contribution in [0.2, 0.25) is 0 Å². The van der Waals surface area contributed by atoms with Crippen LogP contribution in [0.4, 0.5) is 0 Å². The molecule has 2 aromatic carbocycles. The molecule has 3 heteroatoms. The minimum atomic E-state index is -2.02.